The van der Waals surface area contributed by atoms with E-state index < -0.39 is 16.1 Å². The van der Waals surface area contributed by atoms with Crippen LogP contribution in [0.4, 0.5) is 5.13 Å². The van der Waals surface area contributed by atoms with Crippen LogP contribution in [0.1, 0.15) is 18.4 Å². The molecule has 0 radical (unpaired) electrons. The molecule has 1 aromatic heterocycles. The first-order chi connectivity index (χ1) is 14.3. The summed E-state index contributed by atoms with van der Waals surface area (Å²) in [7, 11) is -2.29. The van der Waals surface area contributed by atoms with Gasteiger partial charge in [-0.25, -0.2) is 13.4 Å². The number of nitrogens with zero attached hydrogens (tertiary/aromatic N) is 2. The van der Waals surface area contributed by atoms with Crippen molar-refractivity contribution in [3.8, 4) is 5.75 Å². The summed E-state index contributed by atoms with van der Waals surface area (Å²) in [4.78, 5) is 17.5. The number of nitrogens with one attached hydrogen (secondary N) is 1. The predicted molar refractivity (Wildman–Crippen MR) is 118 cm³/mol. The lowest BCUT2D eigenvalue weighted by Gasteiger charge is -2.23. The van der Waals surface area contributed by atoms with Crippen molar-refractivity contribution in [2.45, 2.75) is 30.7 Å². The van der Waals surface area contributed by atoms with Crippen LogP contribution in [0, 0.1) is 6.92 Å². The van der Waals surface area contributed by atoms with Gasteiger partial charge in [0.15, 0.2) is 5.13 Å². The summed E-state index contributed by atoms with van der Waals surface area (Å²) < 4.78 is 33.5. The van der Waals surface area contributed by atoms with Crippen molar-refractivity contribution in [1.82, 2.24) is 9.29 Å². The van der Waals surface area contributed by atoms with Gasteiger partial charge in [-0.1, -0.05) is 22.9 Å². The third-order valence-corrected chi connectivity index (χ3v) is 8.42. The van der Waals surface area contributed by atoms with Crippen LogP contribution in [-0.4, -0.2) is 43.3 Å². The second kappa shape index (κ2) is 8.14. The van der Waals surface area contributed by atoms with Gasteiger partial charge in [0.25, 0.3) is 0 Å². The van der Waals surface area contributed by atoms with Crippen LogP contribution in [0.2, 0.25) is 5.02 Å². The molecule has 30 heavy (non-hydrogen) atoms. The van der Waals surface area contributed by atoms with E-state index in [0.717, 1.165) is 15.8 Å². The number of aryl methyl sites for hydroxylation is 1. The number of thiazole rings is 1. The van der Waals surface area contributed by atoms with Crippen molar-refractivity contribution < 1.29 is 17.9 Å². The van der Waals surface area contributed by atoms with Crippen molar-refractivity contribution in [1.29, 1.82) is 0 Å². The lowest BCUT2D eigenvalue weighted by atomic mass is 10.2. The van der Waals surface area contributed by atoms with E-state index in [-0.39, 0.29) is 10.8 Å². The third-order valence-electron chi connectivity index (χ3n) is 5.15. The fourth-order valence-corrected chi connectivity index (χ4v) is 6.25. The predicted octanol–water partition coefficient (Wildman–Crippen LogP) is 4.06. The van der Waals surface area contributed by atoms with E-state index in [0.29, 0.717) is 35.3 Å². The van der Waals surface area contributed by atoms with E-state index in [2.05, 4.69) is 10.3 Å². The van der Waals surface area contributed by atoms with Crippen molar-refractivity contribution >= 4 is 54.2 Å². The first-order valence-corrected chi connectivity index (χ1v) is 12.0. The van der Waals surface area contributed by atoms with Gasteiger partial charge in [-0.2, -0.15) is 4.31 Å². The molecular weight excluding hydrogens is 446 g/mol. The third kappa shape index (κ3) is 3.78. The minimum Gasteiger partial charge on any atom is -0.497 e. The molecule has 0 spiro atoms. The molecule has 1 aliphatic rings. The normalized spacial score (nSPS) is 17.4. The molecule has 0 bridgehead atoms. The average molecular weight is 466 g/mol. The van der Waals surface area contributed by atoms with E-state index in [1.54, 1.807) is 18.2 Å². The van der Waals surface area contributed by atoms with Gasteiger partial charge in [-0.3, -0.25) is 4.79 Å². The number of anilines is 1. The molecule has 158 valence electrons. The van der Waals surface area contributed by atoms with E-state index in [1.165, 1.54) is 34.9 Å². The molecule has 3 aromatic rings. The molecule has 1 N–H and O–H groups in total. The molecule has 1 aliphatic heterocycles. The smallest absolute Gasteiger partial charge is 0.244 e. The molecule has 7 nitrogen and oxygen atoms in total. The number of rotatable bonds is 5. The number of halogens is 1. The lowest BCUT2D eigenvalue weighted by molar-refractivity contribution is -0.119. The molecule has 4 rings (SSSR count). The zero-order chi connectivity index (χ0) is 21.5. The van der Waals surface area contributed by atoms with E-state index in [1.807, 2.05) is 13.0 Å². The SMILES string of the molecule is COc1ccc(S(=O)(=O)N2CCCC2C(=O)Nc2nc3c(C)c(Cl)ccc3s2)cc1. The monoisotopic (exact) mass is 465 g/mol. The Bertz CT molecular complexity index is 1210. The Labute approximate surface area is 183 Å². The molecular formula is C20H20ClN3O4S2. The second-order valence-electron chi connectivity index (χ2n) is 6.98. The lowest BCUT2D eigenvalue weighted by Crippen LogP contribution is -2.43. The summed E-state index contributed by atoms with van der Waals surface area (Å²) in [6.07, 6.45) is 1.07. The van der Waals surface area contributed by atoms with Gasteiger partial charge in [-0.15, -0.1) is 0 Å². The maximum absolute atomic E-state index is 13.1. The number of methoxy groups -OCH3 is 1. The van der Waals surface area contributed by atoms with Gasteiger partial charge < -0.3 is 10.1 Å². The Balaban J connectivity index is 1.57. The number of ether oxygens (including phenoxy) is 1. The van der Waals surface area contributed by atoms with E-state index in [4.69, 9.17) is 16.3 Å². The number of carbonyl (C=O) groups excluding carboxylic acids is 1. The van der Waals surface area contributed by atoms with Crippen LogP contribution in [0.15, 0.2) is 41.3 Å². The molecule has 2 heterocycles. The highest BCUT2D eigenvalue weighted by Crippen LogP contribution is 2.33. The van der Waals surface area contributed by atoms with Gasteiger partial charge in [-0.05, 0) is 61.7 Å². The Morgan fingerprint density at radius 1 is 1.27 bits per heavy atom. The van der Waals surface area contributed by atoms with Crippen LogP contribution >= 0.6 is 22.9 Å². The number of hydrogen-bond donors (Lipinski definition) is 1. The Kier molecular flexibility index (Phi) is 5.71. The maximum atomic E-state index is 13.1. The molecule has 0 saturated carbocycles. The second-order valence-corrected chi connectivity index (χ2v) is 10.3. The number of carbonyl (C=O) groups is 1. The first-order valence-electron chi connectivity index (χ1n) is 9.33. The van der Waals surface area contributed by atoms with Crippen molar-refractivity contribution in [3.05, 3.63) is 47.0 Å². The van der Waals surface area contributed by atoms with Crippen LogP contribution < -0.4 is 10.1 Å². The minimum atomic E-state index is -3.80. The van der Waals surface area contributed by atoms with Crippen LogP contribution in [0.25, 0.3) is 10.2 Å². The molecule has 1 saturated heterocycles. The van der Waals surface area contributed by atoms with Crippen LogP contribution in [-0.2, 0) is 14.8 Å². The zero-order valence-electron chi connectivity index (χ0n) is 16.4. The average Bonchev–Trinajstić information content (AvgIpc) is 3.38. The summed E-state index contributed by atoms with van der Waals surface area (Å²) >= 11 is 7.48. The zero-order valence-corrected chi connectivity index (χ0v) is 18.8. The summed E-state index contributed by atoms with van der Waals surface area (Å²) in [5, 5.41) is 3.83. The van der Waals surface area contributed by atoms with Gasteiger partial charge in [0.05, 0.1) is 22.2 Å². The highest BCUT2D eigenvalue weighted by atomic mass is 35.5. The van der Waals surface area contributed by atoms with Crippen molar-refractivity contribution in [2.24, 2.45) is 0 Å². The summed E-state index contributed by atoms with van der Waals surface area (Å²) in [6.45, 7) is 2.16. The molecule has 10 heteroatoms. The largest absolute Gasteiger partial charge is 0.497 e. The minimum absolute atomic E-state index is 0.133. The summed E-state index contributed by atoms with van der Waals surface area (Å²) in [5.74, 6) is 0.184. The van der Waals surface area contributed by atoms with Gasteiger partial charge in [0, 0.05) is 11.6 Å². The van der Waals surface area contributed by atoms with E-state index >= 15 is 0 Å². The number of hydrogen-bond acceptors (Lipinski definition) is 6. The molecule has 1 amide bonds. The van der Waals surface area contributed by atoms with Crippen molar-refractivity contribution in [2.75, 3.05) is 19.0 Å². The Hall–Kier alpha value is -2.20. The molecule has 1 atom stereocenters. The molecule has 1 fully saturated rings. The number of fused-ring (bicyclic) bond motifs is 1. The van der Waals surface area contributed by atoms with Gasteiger partial charge in [0.1, 0.15) is 11.8 Å². The van der Waals surface area contributed by atoms with Crippen LogP contribution in [0.5, 0.6) is 5.75 Å². The number of sulfonamides is 1. The van der Waals surface area contributed by atoms with Gasteiger partial charge >= 0.3 is 0 Å². The quantitative estimate of drug-likeness (QED) is 0.613. The van der Waals surface area contributed by atoms with E-state index in [9.17, 15) is 13.2 Å². The maximum Gasteiger partial charge on any atom is 0.244 e. The highest BCUT2D eigenvalue weighted by molar-refractivity contribution is 7.89. The Morgan fingerprint density at radius 2 is 2.00 bits per heavy atom. The fourth-order valence-electron chi connectivity index (χ4n) is 3.52. The highest BCUT2D eigenvalue weighted by Gasteiger charge is 2.39. The number of aromatic nitrogens is 1. The fraction of sp³-hybridized carbons (Fsp3) is 0.300. The van der Waals surface area contributed by atoms with Crippen molar-refractivity contribution in [3.63, 3.8) is 0 Å². The molecule has 0 aliphatic carbocycles. The first kappa shape index (κ1) is 21.0. The van der Waals surface area contributed by atoms with Crippen LogP contribution in [0.3, 0.4) is 0 Å². The number of benzene rings is 2. The molecule has 2 aromatic carbocycles. The summed E-state index contributed by atoms with van der Waals surface area (Å²) in [5.41, 5.74) is 1.58. The topological polar surface area (TPSA) is 88.6 Å². The standard InChI is InChI=1S/C20H20ClN3O4S2/c1-12-15(21)9-10-17-18(12)22-20(29-17)23-19(25)16-4-3-11-24(16)30(26,27)14-7-5-13(28-2)6-8-14/h5-10,16H,3-4,11H2,1-2H3,(H,22,23,25). The summed E-state index contributed by atoms with van der Waals surface area (Å²) in [6, 6.07) is 9.02. The van der Waals surface area contributed by atoms with Gasteiger partial charge in [0.2, 0.25) is 15.9 Å². The Morgan fingerprint density at radius 3 is 2.70 bits per heavy atom. The molecule has 1 unspecified atom stereocenters. The number of amides is 1.